The first-order valence-corrected chi connectivity index (χ1v) is 23.8. The molecular weight excluding hydrogens is 671 g/mol. The largest absolute Gasteiger partial charge is 0.465 e. The zero-order valence-electron chi connectivity index (χ0n) is 37.0. The number of aliphatic hydroxyl groups excluding tert-OH is 1. The van der Waals surface area contributed by atoms with Crippen molar-refractivity contribution in [3.63, 3.8) is 0 Å². The Hall–Kier alpha value is -1.14. The van der Waals surface area contributed by atoms with Crippen LogP contribution < -0.4 is 0 Å². The first kappa shape index (κ1) is 50.9. The summed E-state index contributed by atoms with van der Waals surface area (Å²) in [7, 11) is 0. The third kappa shape index (κ3) is 30.1. The molecule has 1 aliphatic rings. The number of esters is 2. The molecule has 1 fully saturated rings. The minimum atomic E-state index is -0.0307. The molecule has 54 heavy (non-hydrogen) atoms. The van der Waals surface area contributed by atoms with Gasteiger partial charge in [0.25, 0.3) is 0 Å². The van der Waals surface area contributed by atoms with E-state index in [4.69, 9.17) is 9.47 Å². The molecule has 0 atom stereocenters. The van der Waals surface area contributed by atoms with E-state index in [-0.39, 0.29) is 29.4 Å². The van der Waals surface area contributed by atoms with E-state index in [0.717, 1.165) is 58.2 Å². The summed E-state index contributed by atoms with van der Waals surface area (Å²) in [5, 5.41) is 9.48. The van der Waals surface area contributed by atoms with Gasteiger partial charge < -0.3 is 19.5 Å². The monoisotopic (exact) mass is 764 g/mol. The molecule has 1 aliphatic carbocycles. The second-order valence-electron chi connectivity index (χ2n) is 18.4. The van der Waals surface area contributed by atoms with Gasteiger partial charge in [-0.25, -0.2) is 0 Å². The Morgan fingerprint density at radius 3 is 1.67 bits per heavy atom. The van der Waals surface area contributed by atoms with Crippen LogP contribution in [0.2, 0.25) is 0 Å². The van der Waals surface area contributed by atoms with Crippen molar-refractivity contribution in [1.82, 2.24) is 4.90 Å². The van der Waals surface area contributed by atoms with Crippen molar-refractivity contribution in [2.75, 3.05) is 39.5 Å². The van der Waals surface area contributed by atoms with Gasteiger partial charge in [-0.2, -0.15) is 0 Å². The summed E-state index contributed by atoms with van der Waals surface area (Å²) in [6.07, 6.45) is 37.7. The zero-order chi connectivity index (χ0) is 39.6. The molecule has 1 N–H and O–H groups in total. The van der Waals surface area contributed by atoms with Crippen LogP contribution in [0.15, 0.2) is 0 Å². The fourth-order valence-corrected chi connectivity index (χ4v) is 8.05. The smallest absolute Gasteiger partial charge is 0.306 e. The number of carbonyl (C=O) groups excluding carboxylic acids is 2. The number of unbranched alkanes of at least 4 members (excludes halogenated alkanes) is 18. The van der Waals surface area contributed by atoms with E-state index in [1.807, 2.05) is 0 Å². The summed E-state index contributed by atoms with van der Waals surface area (Å²) < 4.78 is 11.6. The SMILES string of the molecule is CCCCCCCCCC(=O)OCC(C)(C)CCCCCN(CCCO)CCCCCC1(CC(=O)OCC(CCCCCCC)CCCCCCC)CC1. The molecule has 0 amide bonds. The average molecular weight is 764 g/mol. The van der Waals surface area contributed by atoms with Gasteiger partial charge in [0, 0.05) is 19.6 Å². The Morgan fingerprint density at radius 2 is 1.11 bits per heavy atom. The number of rotatable bonds is 41. The van der Waals surface area contributed by atoms with Crippen LogP contribution in [0.4, 0.5) is 0 Å². The summed E-state index contributed by atoms with van der Waals surface area (Å²) in [6, 6.07) is 0. The lowest BCUT2D eigenvalue weighted by molar-refractivity contribution is -0.147. The normalized spacial score (nSPS) is 13.9. The van der Waals surface area contributed by atoms with Gasteiger partial charge in [-0.15, -0.1) is 0 Å². The molecule has 6 nitrogen and oxygen atoms in total. The van der Waals surface area contributed by atoms with E-state index in [9.17, 15) is 14.7 Å². The number of carbonyl (C=O) groups is 2. The Bertz CT molecular complexity index is 857. The number of nitrogens with zero attached hydrogens (tertiary/aromatic N) is 1. The number of hydrogen-bond donors (Lipinski definition) is 1. The molecule has 0 aromatic carbocycles. The molecule has 0 radical (unpaired) electrons. The van der Waals surface area contributed by atoms with Gasteiger partial charge in [-0.3, -0.25) is 9.59 Å². The second kappa shape index (κ2) is 33.9. The minimum absolute atomic E-state index is 0.0194. The van der Waals surface area contributed by atoms with Crippen molar-refractivity contribution in [1.29, 1.82) is 0 Å². The van der Waals surface area contributed by atoms with Crippen molar-refractivity contribution in [3.8, 4) is 0 Å². The highest BCUT2D eigenvalue weighted by Gasteiger charge is 2.44. The first-order chi connectivity index (χ1) is 26.2. The molecule has 0 saturated heterocycles. The van der Waals surface area contributed by atoms with Crippen LogP contribution in [0.3, 0.4) is 0 Å². The summed E-state index contributed by atoms with van der Waals surface area (Å²) in [5.74, 6) is 0.554. The van der Waals surface area contributed by atoms with E-state index in [1.54, 1.807) is 0 Å². The van der Waals surface area contributed by atoms with Crippen LogP contribution in [0.25, 0.3) is 0 Å². The Kier molecular flexibility index (Phi) is 32.0. The van der Waals surface area contributed by atoms with Crippen LogP contribution in [-0.4, -0.2) is 61.4 Å². The number of ether oxygens (including phenoxy) is 2. The van der Waals surface area contributed by atoms with Crippen molar-refractivity contribution >= 4 is 11.9 Å². The third-order valence-electron chi connectivity index (χ3n) is 12.1. The lowest BCUT2D eigenvalue weighted by Gasteiger charge is -2.25. The van der Waals surface area contributed by atoms with Gasteiger partial charge in [-0.1, -0.05) is 163 Å². The number of aliphatic hydroxyl groups is 1. The molecule has 0 unspecified atom stereocenters. The van der Waals surface area contributed by atoms with Gasteiger partial charge in [0.05, 0.1) is 19.6 Å². The molecule has 0 aromatic heterocycles. The molecule has 6 heteroatoms. The second-order valence-corrected chi connectivity index (χ2v) is 18.4. The molecule has 0 spiro atoms. The predicted octanol–water partition coefficient (Wildman–Crippen LogP) is 13.6. The molecule has 0 bridgehead atoms. The van der Waals surface area contributed by atoms with Crippen LogP contribution in [0.5, 0.6) is 0 Å². The molecule has 1 rings (SSSR count). The van der Waals surface area contributed by atoms with Crippen molar-refractivity contribution in [2.45, 2.75) is 240 Å². The van der Waals surface area contributed by atoms with E-state index < -0.39 is 0 Å². The highest BCUT2D eigenvalue weighted by molar-refractivity contribution is 5.70. The molecule has 0 heterocycles. The van der Waals surface area contributed by atoms with Crippen molar-refractivity contribution in [2.24, 2.45) is 16.7 Å². The average Bonchev–Trinajstić information content (AvgIpc) is 3.92. The van der Waals surface area contributed by atoms with Gasteiger partial charge in [0.2, 0.25) is 0 Å². The number of hydrogen-bond acceptors (Lipinski definition) is 6. The fraction of sp³-hybridized carbons (Fsp3) is 0.958. The standard InChI is InChI=1S/C48H93NO5/c1-6-9-12-15-16-19-24-32-45(51)54-43-47(4,5)33-25-20-27-37-49(39-29-40-50)38-28-21-26-34-48(35-36-48)41-46(52)53-42-44(30-22-17-13-10-7-2)31-23-18-14-11-8-3/h44,50H,6-43H2,1-5H3. The molecular formula is C48H93NO5. The predicted molar refractivity (Wildman–Crippen MR) is 230 cm³/mol. The molecule has 0 aliphatic heterocycles. The Balaban J connectivity index is 2.26. The zero-order valence-corrected chi connectivity index (χ0v) is 37.0. The van der Waals surface area contributed by atoms with Crippen LogP contribution in [0, 0.1) is 16.7 Å². The van der Waals surface area contributed by atoms with Gasteiger partial charge in [0.15, 0.2) is 0 Å². The lowest BCUT2D eigenvalue weighted by Crippen LogP contribution is -2.28. The maximum atomic E-state index is 13.0. The Morgan fingerprint density at radius 1 is 0.611 bits per heavy atom. The van der Waals surface area contributed by atoms with Crippen molar-refractivity contribution < 1.29 is 24.2 Å². The van der Waals surface area contributed by atoms with E-state index in [0.29, 0.717) is 32.0 Å². The maximum absolute atomic E-state index is 13.0. The van der Waals surface area contributed by atoms with E-state index in [2.05, 4.69) is 39.5 Å². The summed E-state index contributed by atoms with van der Waals surface area (Å²) in [5.41, 5.74) is 0.231. The minimum Gasteiger partial charge on any atom is -0.465 e. The Labute approximate surface area is 336 Å². The van der Waals surface area contributed by atoms with E-state index in [1.165, 1.54) is 154 Å². The molecule has 320 valence electrons. The summed E-state index contributed by atoms with van der Waals surface area (Å²) in [4.78, 5) is 27.8. The van der Waals surface area contributed by atoms with Crippen LogP contribution >= 0.6 is 0 Å². The highest BCUT2D eigenvalue weighted by atomic mass is 16.5. The maximum Gasteiger partial charge on any atom is 0.306 e. The molecule has 1 saturated carbocycles. The van der Waals surface area contributed by atoms with Gasteiger partial charge >= 0.3 is 11.9 Å². The van der Waals surface area contributed by atoms with Crippen LogP contribution in [-0.2, 0) is 19.1 Å². The fourth-order valence-electron chi connectivity index (χ4n) is 8.05. The van der Waals surface area contributed by atoms with Crippen molar-refractivity contribution in [3.05, 3.63) is 0 Å². The van der Waals surface area contributed by atoms with Crippen LogP contribution in [0.1, 0.15) is 240 Å². The first-order valence-electron chi connectivity index (χ1n) is 23.8. The van der Waals surface area contributed by atoms with Gasteiger partial charge in [0.1, 0.15) is 0 Å². The van der Waals surface area contributed by atoms with E-state index >= 15 is 0 Å². The topological polar surface area (TPSA) is 76.1 Å². The lowest BCUT2D eigenvalue weighted by atomic mass is 9.88. The summed E-state index contributed by atoms with van der Waals surface area (Å²) >= 11 is 0. The highest BCUT2D eigenvalue weighted by Crippen LogP contribution is 2.53. The quantitative estimate of drug-likeness (QED) is 0.0494. The summed E-state index contributed by atoms with van der Waals surface area (Å²) in [6.45, 7) is 15.8. The molecule has 0 aromatic rings. The van der Waals surface area contributed by atoms with Gasteiger partial charge in [-0.05, 0) is 94.0 Å². The third-order valence-corrected chi connectivity index (χ3v) is 12.1.